The van der Waals surface area contributed by atoms with Crippen LogP contribution >= 0.6 is 11.3 Å². The number of aryl methyl sites for hydroxylation is 2. The van der Waals surface area contributed by atoms with Crippen LogP contribution in [0.1, 0.15) is 35.4 Å². The molecule has 0 spiro atoms. The highest BCUT2D eigenvalue weighted by Crippen LogP contribution is 2.35. The summed E-state index contributed by atoms with van der Waals surface area (Å²) < 4.78 is 49.8. The van der Waals surface area contributed by atoms with E-state index in [9.17, 15) is 23.1 Å². The summed E-state index contributed by atoms with van der Waals surface area (Å²) >= 11 is 1.47. The predicted octanol–water partition coefficient (Wildman–Crippen LogP) is 6.87. The molecule has 2 aromatic carbocycles. The molecular formula is C24H23F3O4S. The van der Waals surface area contributed by atoms with E-state index in [0.29, 0.717) is 18.1 Å². The Labute approximate surface area is 188 Å². The maximum Gasteiger partial charge on any atom is 0.416 e. The van der Waals surface area contributed by atoms with Crippen molar-refractivity contribution in [3.05, 3.63) is 70.1 Å². The molecule has 0 radical (unpaired) electrons. The highest BCUT2D eigenvalue weighted by Gasteiger charge is 2.30. The monoisotopic (exact) mass is 464 g/mol. The van der Waals surface area contributed by atoms with Gasteiger partial charge in [-0.25, -0.2) is 4.79 Å². The first-order valence-corrected chi connectivity index (χ1v) is 10.6. The number of ether oxygens (including phenoxy) is 2. The molecule has 0 aliphatic carbocycles. The van der Waals surface area contributed by atoms with Crippen LogP contribution < -0.4 is 9.47 Å². The molecule has 3 aromatic rings. The second-order valence-corrected chi connectivity index (χ2v) is 9.06. The zero-order chi connectivity index (χ0) is 23.7. The molecule has 3 rings (SSSR count). The molecule has 8 heteroatoms. The number of carbonyl (C=O) groups is 1. The van der Waals surface area contributed by atoms with E-state index in [1.807, 2.05) is 13.0 Å². The van der Waals surface area contributed by atoms with Gasteiger partial charge in [-0.1, -0.05) is 12.1 Å². The van der Waals surface area contributed by atoms with Crippen LogP contribution in [-0.2, 0) is 17.6 Å². The van der Waals surface area contributed by atoms with Crippen LogP contribution in [-0.4, -0.2) is 16.7 Å². The molecule has 1 heterocycles. The van der Waals surface area contributed by atoms with Crippen molar-refractivity contribution in [1.82, 2.24) is 0 Å². The van der Waals surface area contributed by atoms with Gasteiger partial charge in [-0.2, -0.15) is 13.2 Å². The van der Waals surface area contributed by atoms with Gasteiger partial charge in [0.25, 0.3) is 0 Å². The van der Waals surface area contributed by atoms with E-state index in [2.05, 4.69) is 0 Å². The van der Waals surface area contributed by atoms with Gasteiger partial charge in [-0.3, -0.25) is 0 Å². The Morgan fingerprint density at radius 3 is 2.22 bits per heavy atom. The fraction of sp³-hybridized carbons (Fsp3) is 0.292. The second-order valence-electron chi connectivity index (χ2n) is 7.93. The van der Waals surface area contributed by atoms with Crippen molar-refractivity contribution in [2.24, 2.45) is 0 Å². The van der Waals surface area contributed by atoms with Crippen molar-refractivity contribution in [3.8, 4) is 21.9 Å². The minimum Gasteiger partial charge on any atom is -0.488 e. The summed E-state index contributed by atoms with van der Waals surface area (Å²) in [4.78, 5) is 13.1. The number of thiophene rings is 1. The first-order chi connectivity index (χ1) is 14.9. The molecule has 0 atom stereocenters. The second kappa shape index (κ2) is 8.86. The Bertz CT molecular complexity index is 1120. The normalized spacial score (nSPS) is 12.0. The summed E-state index contributed by atoms with van der Waals surface area (Å²) in [5.74, 6) is 0.00255. The number of rotatable bonds is 7. The van der Waals surface area contributed by atoms with E-state index in [-0.39, 0.29) is 0 Å². The first kappa shape index (κ1) is 23.7. The molecular weight excluding hydrogens is 441 g/mol. The molecule has 4 nitrogen and oxygen atoms in total. The number of hydrogen-bond acceptors (Lipinski definition) is 4. The van der Waals surface area contributed by atoms with Gasteiger partial charge in [0.2, 0.25) is 0 Å². The van der Waals surface area contributed by atoms with Crippen LogP contribution in [0.3, 0.4) is 0 Å². The number of alkyl halides is 3. The minimum absolute atomic E-state index is 0.303. The van der Waals surface area contributed by atoms with E-state index >= 15 is 0 Å². The topological polar surface area (TPSA) is 55.8 Å². The van der Waals surface area contributed by atoms with Crippen LogP contribution in [0.25, 0.3) is 10.4 Å². The van der Waals surface area contributed by atoms with Gasteiger partial charge in [0.15, 0.2) is 5.60 Å². The van der Waals surface area contributed by atoms with Gasteiger partial charge >= 0.3 is 12.1 Å². The maximum atomic E-state index is 12.8. The molecule has 0 saturated carbocycles. The lowest BCUT2D eigenvalue weighted by Gasteiger charge is -2.23. The largest absolute Gasteiger partial charge is 0.488 e. The molecule has 0 fully saturated rings. The van der Waals surface area contributed by atoms with Crippen LogP contribution in [0.15, 0.2) is 48.5 Å². The SMILES string of the molecule is Cc1cc(OCc2sc(-c3ccc(C(F)(F)F)cc3)cc2C)ccc1OC(C)(C)C(=O)O. The van der Waals surface area contributed by atoms with Gasteiger partial charge in [-0.15, -0.1) is 11.3 Å². The molecule has 0 aliphatic rings. The summed E-state index contributed by atoms with van der Waals surface area (Å²) in [6.07, 6.45) is -4.36. The Kier molecular flexibility index (Phi) is 6.55. The molecule has 1 N–H and O–H groups in total. The Morgan fingerprint density at radius 2 is 1.66 bits per heavy atom. The first-order valence-electron chi connectivity index (χ1n) is 9.79. The molecule has 32 heavy (non-hydrogen) atoms. The van der Waals surface area contributed by atoms with E-state index in [4.69, 9.17) is 9.47 Å². The fourth-order valence-electron chi connectivity index (χ4n) is 2.92. The number of carboxylic acids is 1. The van der Waals surface area contributed by atoms with Crippen molar-refractivity contribution < 1.29 is 32.5 Å². The molecule has 0 aliphatic heterocycles. The van der Waals surface area contributed by atoms with Crippen LogP contribution in [0, 0.1) is 13.8 Å². The zero-order valence-electron chi connectivity index (χ0n) is 18.0. The number of halogens is 3. The maximum absolute atomic E-state index is 12.8. The predicted molar refractivity (Wildman–Crippen MR) is 117 cm³/mol. The van der Waals surface area contributed by atoms with Gasteiger partial charge in [0.1, 0.15) is 18.1 Å². The summed E-state index contributed by atoms with van der Waals surface area (Å²) in [6.45, 7) is 7.00. The average Bonchev–Trinajstić information content (AvgIpc) is 3.08. The summed E-state index contributed by atoms with van der Waals surface area (Å²) in [5.41, 5.74) is 0.425. The zero-order valence-corrected chi connectivity index (χ0v) is 18.9. The van der Waals surface area contributed by atoms with Gasteiger partial charge in [0.05, 0.1) is 5.56 Å². The lowest BCUT2D eigenvalue weighted by molar-refractivity contribution is -0.152. The van der Waals surface area contributed by atoms with Crippen molar-refractivity contribution in [2.45, 2.75) is 46.1 Å². The van der Waals surface area contributed by atoms with Gasteiger partial charge in [-0.05, 0) is 80.8 Å². The quantitative estimate of drug-likeness (QED) is 0.414. The molecule has 1 aromatic heterocycles. The third-order valence-electron chi connectivity index (χ3n) is 4.91. The summed E-state index contributed by atoms with van der Waals surface area (Å²) in [6, 6.07) is 12.2. The molecule has 0 bridgehead atoms. The van der Waals surface area contributed by atoms with Crippen molar-refractivity contribution in [2.75, 3.05) is 0 Å². The highest BCUT2D eigenvalue weighted by molar-refractivity contribution is 7.15. The number of benzene rings is 2. The van der Waals surface area contributed by atoms with Crippen LogP contribution in [0.4, 0.5) is 13.2 Å². The van der Waals surface area contributed by atoms with Crippen molar-refractivity contribution in [1.29, 1.82) is 0 Å². The molecule has 0 unspecified atom stereocenters. The Balaban J connectivity index is 1.70. The van der Waals surface area contributed by atoms with E-state index in [1.165, 1.54) is 37.3 Å². The fourth-order valence-corrected chi connectivity index (χ4v) is 4.02. The van der Waals surface area contributed by atoms with Gasteiger partial charge < -0.3 is 14.6 Å². The lowest BCUT2D eigenvalue weighted by Crippen LogP contribution is -2.38. The summed E-state index contributed by atoms with van der Waals surface area (Å²) in [5, 5.41) is 9.22. The molecule has 0 saturated heterocycles. The average molecular weight is 465 g/mol. The molecule has 0 amide bonds. The highest BCUT2D eigenvalue weighted by atomic mass is 32.1. The smallest absolute Gasteiger partial charge is 0.416 e. The third-order valence-corrected chi connectivity index (χ3v) is 6.17. The minimum atomic E-state index is -4.36. The third kappa shape index (κ3) is 5.43. The van der Waals surface area contributed by atoms with Gasteiger partial charge in [0, 0.05) is 9.75 Å². The van der Waals surface area contributed by atoms with Crippen LogP contribution in [0.2, 0.25) is 0 Å². The number of aliphatic carboxylic acids is 1. The van der Waals surface area contributed by atoms with Crippen molar-refractivity contribution in [3.63, 3.8) is 0 Å². The van der Waals surface area contributed by atoms with E-state index < -0.39 is 23.3 Å². The molecule has 170 valence electrons. The summed E-state index contributed by atoms with van der Waals surface area (Å²) in [7, 11) is 0. The van der Waals surface area contributed by atoms with E-state index in [0.717, 1.165) is 38.6 Å². The Hall–Kier alpha value is -3.00. The van der Waals surface area contributed by atoms with Crippen LogP contribution in [0.5, 0.6) is 11.5 Å². The standard InChI is InChI=1S/C24H23F3O4S/c1-14-11-18(9-10-19(14)31-23(3,4)22(28)29)30-13-21-15(2)12-20(32-21)16-5-7-17(8-6-16)24(25,26)27/h5-12H,13H2,1-4H3,(H,28,29). The Morgan fingerprint density at radius 1 is 1.00 bits per heavy atom. The number of hydrogen-bond donors (Lipinski definition) is 1. The van der Waals surface area contributed by atoms with E-state index in [1.54, 1.807) is 25.1 Å². The van der Waals surface area contributed by atoms with Crippen molar-refractivity contribution >= 4 is 17.3 Å². The lowest BCUT2D eigenvalue weighted by atomic mass is 10.1. The number of carboxylic acid groups (broad SMARTS) is 1.